The molecule has 0 spiro atoms. The summed E-state index contributed by atoms with van der Waals surface area (Å²) < 4.78 is 0. The third-order valence-electron chi connectivity index (χ3n) is 3.58. The molecule has 3 aromatic rings. The van der Waals surface area contributed by atoms with Gasteiger partial charge in [-0.25, -0.2) is 0 Å². The summed E-state index contributed by atoms with van der Waals surface area (Å²) >= 11 is 3.73. The normalized spacial score (nSPS) is 10.8. The Morgan fingerprint density at radius 1 is 0.792 bits per heavy atom. The quantitative estimate of drug-likeness (QED) is 0.533. The molecule has 0 fully saturated rings. The largest absolute Gasteiger partial charge is 0.260 e. The van der Waals surface area contributed by atoms with E-state index >= 15 is 0 Å². The van der Waals surface area contributed by atoms with E-state index in [-0.39, 0.29) is 0 Å². The Hall–Kier alpha value is -1.78. The van der Waals surface area contributed by atoms with E-state index < -0.39 is 0 Å². The lowest BCUT2D eigenvalue weighted by molar-refractivity contribution is 1.11. The molecule has 0 bridgehead atoms. The van der Waals surface area contributed by atoms with Crippen molar-refractivity contribution in [2.45, 2.75) is 35.1 Å². The second kappa shape index (κ2) is 8.36. The molecule has 3 rings (SSSR count). The number of benzene rings is 1. The highest BCUT2D eigenvalue weighted by Crippen LogP contribution is 2.37. The summed E-state index contributed by atoms with van der Waals surface area (Å²) in [5.74, 6) is 1.78. The Bertz CT molecular complexity index is 789. The van der Waals surface area contributed by atoms with Gasteiger partial charge in [0.05, 0.1) is 11.4 Å². The fraction of sp³-hybridized carbons (Fsp3) is 0.200. The first-order valence-electron chi connectivity index (χ1n) is 7.89. The number of hydrogen-bond donors (Lipinski definition) is 0. The zero-order valence-corrected chi connectivity index (χ0v) is 15.5. The lowest BCUT2D eigenvalue weighted by Gasteiger charge is -2.13. The van der Waals surface area contributed by atoms with Crippen molar-refractivity contribution >= 4 is 23.5 Å². The maximum atomic E-state index is 4.43. The smallest absolute Gasteiger partial charge is 0.0506 e. The maximum Gasteiger partial charge on any atom is 0.0506 e. The topological polar surface area (TPSA) is 25.8 Å². The van der Waals surface area contributed by atoms with Crippen LogP contribution in [0.4, 0.5) is 0 Å². The van der Waals surface area contributed by atoms with Crippen LogP contribution in [0.3, 0.4) is 0 Å². The van der Waals surface area contributed by atoms with Crippen LogP contribution >= 0.6 is 23.5 Å². The summed E-state index contributed by atoms with van der Waals surface area (Å²) in [5.41, 5.74) is 4.86. The third kappa shape index (κ3) is 4.62. The highest BCUT2D eigenvalue weighted by molar-refractivity contribution is 8.01. The van der Waals surface area contributed by atoms with E-state index in [1.165, 1.54) is 20.9 Å². The summed E-state index contributed by atoms with van der Waals surface area (Å²) in [6.45, 7) is 4.35. The molecule has 2 heterocycles. The van der Waals surface area contributed by atoms with E-state index in [9.17, 15) is 0 Å². The first-order chi connectivity index (χ1) is 11.7. The second-order valence-electron chi connectivity index (χ2n) is 5.63. The maximum absolute atomic E-state index is 4.43. The standard InChI is InChI=1S/C20H20N2S2/c1-15-11-16(2)20(24-14-18-8-4-6-10-22-18)19(12-15)23-13-17-7-3-5-9-21-17/h3-12H,13-14H2,1-2H3. The lowest BCUT2D eigenvalue weighted by atomic mass is 10.2. The zero-order chi connectivity index (χ0) is 16.8. The van der Waals surface area contributed by atoms with E-state index in [0.717, 1.165) is 22.9 Å². The molecule has 1 aromatic carbocycles. The molecular formula is C20H20N2S2. The van der Waals surface area contributed by atoms with Crippen LogP contribution in [0, 0.1) is 13.8 Å². The van der Waals surface area contributed by atoms with Crippen molar-refractivity contribution in [3.05, 3.63) is 83.4 Å². The molecule has 0 saturated heterocycles. The van der Waals surface area contributed by atoms with Crippen molar-refractivity contribution in [2.24, 2.45) is 0 Å². The van der Waals surface area contributed by atoms with E-state index in [0.29, 0.717) is 0 Å². The van der Waals surface area contributed by atoms with Crippen LogP contribution in [0.25, 0.3) is 0 Å². The van der Waals surface area contributed by atoms with Crippen LogP contribution in [0.5, 0.6) is 0 Å². The summed E-state index contributed by atoms with van der Waals surface area (Å²) in [4.78, 5) is 11.5. The SMILES string of the molecule is Cc1cc(C)c(SCc2ccccn2)c(SCc2ccccn2)c1. The molecule has 0 aliphatic carbocycles. The van der Waals surface area contributed by atoms with Crippen molar-refractivity contribution in [3.8, 4) is 0 Å². The molecule has 4 heteroatoms. The molecule has 2 aromatic heterocycles. The molecule has 0 N–H and O–H groups in total. The third-order valence-corrected chi connectivity index (χ3v) is 6.05. The predicted octanol–water partition coefficient (Wildman–Crippen LogP) is 5.68. The Morgan fingerprint density at radius 3 is 2.00 bits per heavy atom. The Balaban J connectivity index is 1.77. The second-order valence-corrected chi connectivity index (χ2v) is 7.63. The predicted molar refractivity (Wildman–Crippen MR) is 104 cm³/mol. The Kier molecular flexibility index (Phi) is 5.94. The summed E-state index contributed by atoms with van der Waals surface area (Å²) in [7, 11) is 0. The molecule has 0 atom stereocenters. The number of aryl methyl sites for hydroxylation is 2. The first kappa shape index (κ1) is 17.1. The van der Waals surface area contributed by atoms with Gasteiger partial charge in [0.1, 0.15) is 0 Å². The van der Waals surface area contributed by atoms with E-state index in [4.69, 9.17) is 0 Å². The van der Waals surface area contributed by atoms with Gasteiger partial charge in [-0.05, 0) is 55.3 Å². The van der Waals surface area contributed by atoms with Crippen molar-refractivity contribution in [1.29, 1.82) is 0 Å². The monoisotopic (exact) mass is 352 g/mol. The number of thioether (sulfide) groups is 2. The molecule has 0 aliphatic heterocycles. The average molecular weight is 353 g/mol. The molecule has 122 valence electrons. The molecule has 0 saturated carbocycles. The van der Waals surface area contributed by atoms with Crippen LogP contribution in [-0.4, -0.2) is 9.97 Å². The van der Waals surface area contributed by atoms with Crippen LogP contribution in [0.15, 0.2) is 70.7 Å². The number of rotatable bonds is 6. The van der Waals surface area contributed by atoms with Crippen molar-refractivity contribution in [3.63, 3.8) is 0 Å². The fourth-order valence-corrected chi connectivity index (χ4v) is 4.81. The molecule has 0 unspecified atom stereocenters. The summed E-state index contributed by atoms with van der Waals surface area (Å²) in [6.07, 6.45) is 3.71. The highest BCUT2D eigenvalue weighted by Gasteiger charge is 2.10. The zero-order valence-electron chi connectivity index (χ0n) is 13.9. The molecule has 2 nitrogen and oxygen atoms in total. The van der Waals surface area contributed by atoms with Crippen molar-refractivity contribution in [1.82, 2.24) is 9.97 Å². The molecular weight excluding hydrogens is 332 g/mol. The van der Waals surface area contributed by atoms with Gasteiger partial charge in [-0.15, -0.1) is 23.5 Å². The fourth-order valence-electron chi connectivity index (χ4n) is 2.47. The molecule has 0 radical (unpaired) electrons. The van der Waals surface area contributed by atoms with Gasteiger partial charge in [0.2, 0.25) is 0 Å². The van der Waals surface area contributed by atoms with Gasteiger partial charge in [0, 0.05) is 33.7 Å². The van der Waals surface area contributed by atoms with Crippen molar-refractivity contribution in [2.75, 3.05) is 0 Å². The molecule has 24 heavy (non-hydrogen) atoms. The van der Waals surface area contributed by atoms with E-state index in [1.54, 1.807) is 0 Å². The summed E-state index contributed by atoms with van der Waals surface area (Å²) in [5, 5.41) is 0. The lowest BCUT2D eigenvalue weighted by Crippen LogP contribution is -1.91. The number of pyridine rings is 2. The number of hydrogen-bond acceptors (Lipinski definition) is 4. The Morgan fingerprint density at radius 2 is 1.42 bits per heavy atom. The van der Waals surface area contributed by atoms with Gasteiger partial charge in [-0.2, -0.15) is 0 Å². The minimum Gasteiger partial charge on any atom is -0.260 e. The highest BCUT2D eigenvalue weighted by atomic mass is 32.2. The Labute approximate surface area is 152 Å². The van der Waals surface area contributed by atoms with Gasteiger partial charge in [-0.3, -0.25) is 9.97 Å². The van der Waals surface area contributed by atoms with Gasteiger partial charge in [0.25, 0.3) is 0 Å². The van der Waals surface area contributed by atoms with Gasteiger partial charge in [0.15, 0.2) is 0 Å². The number of aromatic nitrogens is 2. The van der Waals surface area contributed by atoms with Crippen LogP contribution in [-0.2, 0) is 11.5 Å². The van der Waals surface area contributed by atoms with Crippen LogP contribution in [0.1, 0.15) is 22.5 Å². The van der Waals surface area contributed by atoms with E-state index in [1.807, 2.05) is 60.2 Å². The van der Waals surface area contributed by atoms with Gasteiger partial charge >= 0.3 is 0 Å². The van der Waals surface area contributed by atoms with Crippen LogP contribution < -0.4 is 0 Å². The molecule has 0 aliphatic rings. The van der Waals surface area contributed by atoms with Gasteiger partial charge in [-0.1, -0.05) is 18.2 Å². The minimum atomic E-state index is 0.890. The molecule has 0 amide bonds. The first-order valence-corrected chi connectivity index (χ1v) is 9.86. The van der Waals surface area contributed by atoms with Gasteiger partial charge < -0.3 is 0 Å². The van der Waals surface area contributed by atoms with E-state index in [2.05, 4.69) is 48.1 Å². The average Bonchev–Trinajstić information content (AvgIpc) is 2.61. The minimum absolute atomic E-state index is 0.890. The summed E-state index contributed by atoms with van der Waals surface area (Å²) in [6, 6.07) is 16.7. The van der Waals surface area contributed by atoms with Crippen LogP contribution in [0.2, 0.25) is 0 Å². The number of nitrogens with zero attached hydrogens (tertiary/aromatic N) is 2. The van der Waals surface area contributed by atoms with Crippen molar-refractivity contribution < 1.29 is 0 Å².